The molecular formula is C12H17N2OS. The summed E-state index contributed by atoms with van der Waals surface area (Å²) in [7, 11) is 0. The van der Waals surface area contributed by atoms with Gasteiger partial charge in [0.25, 0.3) is 0 Å². The summed E-state index contributed by atoms with van der Waals surface area (Å²) >= 11 is 2.01. The lowest BCUT2D eigenvalue weighted by Crippen LogP contribution is -2.50. The molecule has 2 saturated heterocycles. The third kappa shape index (κ3) is 2.01. The van der Waals surface area contributed by atoms with Crippen LogP contribution in [0, 0.1) is 6.08 Å². The molecule has 1 N–H and O–H groups in total. The van der Waals surface area contributed by atoms with Gasteiger partial charge in [0.1, 0.15) is 4.93 Å². The Bertz CT molecular complexity index is 300. The van der Waals surface area contributed by atoms with Gasteiger partial charge in [0.05, 0.1) is 12.8 Å². The molecule has 1 unspecified atom stereocenters. The Kier molecular flexibility index (Phi) is 2.96. The summed E-state index contributed by atoms with van der Waals surface area (Å²) in [5, 5.41) is 3.32. The number of nitrogens with zero attached hydrogens (tertiary/aromatic N) is 1. The van der Waals surface area contributed by atoms with E-state index in [1.54, 1.807) is 0 Å². The van der Waals surface area contributed by atoms with Crippen molar-refractivity contribution in [2.24, 2.45) is 0 Å². The molecule has 0 aromatic heterocycles. The van der Waals surface area contributed by atoms with Gasteiger partial charge < -0.3 is 10.1 Å². The van der Waals surface area contributed by atoms with Gasteiger partial charge in [-0.1, -0.05) is 6.08 Å². The van der Waals surface area contributed by atoms with Gasteiger partial charge in [-0.25, -0.2) is 0 Å². The van der Waals surface area contributed by atoms with Crippen molar-refractivity contribution in [3.05, 3.63) is 24.4 Å². The largest absolute Gasteiger partial charge is 0.372 e. The quantitative estimate of drug-likeness (QED) is 0.744. The van der Waals surface area contributed by atoms with Gasteiger partial charge in [0, 0.05) is 25.0 Å². The molecule has 1 atom stereocenters. The molecule has 0 aromatic carbocycles. The first kappa shape index (κ1) is 10.7. The standard InChI is InChI=1S/C12H17N2OS/c1-2-6-13-11(3-1)14-7-4-12(5-8-14)15-9-10-16-12/h1,3,6,11,13H,4-5,7-10H2. The Labute approximate surface area is 101 Å². The van der Waals surface area contributed by atoms with Gasteiger partial charge in [-0.15, -0.1) is 11.8 Å². The fraction of sp³-hybridized carbons (Fsp3) is 0.667. The Morgan fingerprint density at radius 3 is 2.94 bits per heavy atom. The van der Waals surface area contributed by atoms with Crippen LogP contribution in [0.4, 0.5) is 0 Å². The number of likely N-dealkylation sites (tertiary alicyclic amines) is 1. The van der Waals surface area contributed by atoms with Crippen LogP contribution in [-0.2, 0) is 4.74 Å². The number of piperidine rings is 1. The van der Waals surface area contributed by atoms with Crippen molar-refractivity contribution in [2.75, 3.05) is 25.4 Å². The number of allylic oxidation sites excluding steroid dienone is 2. The van der Waals surface area contributed by atoms with Crippen molar-refractivity contribution in [2.45, 2.75) is 23.9 Å². The minimum Gasteiger partial charge on any atom is -0.372 e. The van der Waals surface area contributed by atoms with Gasteiger partial charge in [-0.3, -0.25) is 4.90 Å². The van der Waals surface area contributed by atoms with E-state index in [9.17, 15) is 0 Å². The van der Waals surface area contributed by atoms with Crippen molar-refractivity contribution in [3.8, 4) is 0 Å². The zero-order chi connectivity index (χ0) is 10.8. The highest BCUT2D eigenvalue weighted by atomic mass is 32.2. The van der Waals surface area contributed by atoms with Gasteiger partial charge in [0.2, 0.25) is 0 Å². The van der Waals surface area contributed by atoms with Crippen molar-refractivity contribution >= 4 is 11.8 Å². The van der Waals surface area contributed by atoms with Crippen LogP contribution in [0.2, 0.25) is 0 Å². The predicted octanol–water partition coefficient (Wildman–Crippen LogP) is 1.34. The SMILES string of the molecule is [C]1=CNC(N2CCC3(CC2)OCCS3)C=C1. The number of thioether (sulfide) groups is 1. The summed E-state index contributed by atoms with van der Waals surface area (Å²) in [6, 6.07) is 0. The molecule has 4 heteroatoms. The molecule has 87 valence electrons. The molecule has 0 bridgehead atoms. The summed E-state index contributed by atoms with van der Waals surface area (Å²) in [5.74, 6) is 1.17. The Morgan fingerprint density at radius 1 is 1.44 bits per heavy atom. The van der Waals surface area contributed by atoms with E-state index >= 15 is 0 Å². The second kappa shape index (κ2) is 4.43. The van der Waals surface area contributed by atoms with Crippen LogP contribution in [0.5, 0.6) is 0 Å². The number of nitrogens with one attached hydrogen (secondary N) is 1. The Morgan fingerprint density at radius 2 is 2.31 bits per heavy atom. The summed E-state index contributed by atoms with van der Waals surface area (Å²) in [6.45, 7) is 3.16. The van der Waals surface area contributed by atoms with Crippen LogP contribution in [0.25, 0.3) is 0 Å². The van der Waals surface area contributed by atoms with Gasteiger partial charge >= 0.3 is 0 Å². The summed E-state index contributed by atoms with van der Waals surface area (Å²) in [6.07, 6.45) is 11.7. The molecule has 3 aliphatic rings. The molecule has 3 rings (SSSR count). The average molecular weight is 237 g/mol. The predicted molar refractivity (Wildman–Crippen MR) is 65.8 cm³/mol. The third-order valence-corrected chi connectivity index (χ3v) is 4.90. The molecule has 0 aliphatic carbocycles. The van der Waals surface area contributed by atoms with Crippen molar-refractivity contribution in [3.63, 3.8) is 0 Å². The zero-order valence-electron chi connectivity index (χ0n) is 9.32. The molecular weight excluding hydrogens is 220 g/mol. The van der Waals surface area contributed by atoms with Crippen molar-refractivity contribution in [1.82, 2.24) is 10.2 Å². The minimum absolute atomic E-state index is 0.150. The number of dihydropyridines is 1. The van der Waals surface area contributed by atoms with Crippen LogP contribution < -0.4 is 5.32 Å². The topological polar surface area (TPSA) is 24.5 Å². The molecule has 0 saturated carbocycles. The first-order chi connectivity index (χ1) is 7.88. The van der Waals surface area contributed by atoms with E-state index in [2.05, 4.69) is 22.4 Å². The van der Waals surface area contributed by atoms with Crippen LogP contribution in [0.15, 0.2) is 18.4 Å². The highest BCUT2D eigenvalue weighted by Gasteiger charge is 2.40. The number of hydrogen-bond donors (Lipinski definition) is 1. The second-order valence-corrected chi connectivity index (χ2v) is 5.87. The highest BCUT2D eigenvalue weighted by molar-refractivity contribution is 8.00. The number of rotatable bonds is 1. The maximum Gasteiger partial charge on any atom is 0.116 e. The van der Waals surface area contributed by atoms with Gasteiger partial charge in [-0.2, -0.15) is 0 Å². The van der Waals surface area contributed by atoms with E-state index in [1.807, 2.05) is 24.0 Å². The van der Waals surface area contributed by atoms with Gasteiger partial charge in [0.15, 0.2) is 0 Å². The molecule has 2 fully saturated rings. The maximum atomic E-state index is 5.89. The van der Waals surface area contributed by atoms with Crippen LogP contribution in [0.1, 0.15) is 12.8 Å². The van der Waals surface area contributed by atoms with E-state index in [1.165, 1.54) is 5.75 Å². The molecule has 3 nitrogen and oxygen atoms in total. The Hall–Kier alpha value is -0.450. The smallest absolute Gasteiger partial charge is 0.116 e. The monoisotopic (exact) mass is 237 g/mol. The first-order valence-electron chi connectivity index (χ1n) is 5.90. The van der Waals surface area contributed by atoms with Gasteiger partial charge in [-0.05, 0) is 25.0 Å². The molecule has 0 aromatic rings. The van der Waals surface area contributed by atoms with Crippen molar-refractivity contribution < 1.29 is 4.74 Å². The lowest BCUT2D eigenvalue weighted by molar-refractivity contribution is -0.00571. The van der Waals surface area contributed by atoms with E-state index < -0.39 is 0 Å². The maximum absolute atomic E-state index is 5.89. The fourth-order valence-corrected chi connectivity index (χ4v) is 3.72. The normalized spacial score (nSPS) is 33.1. The first-order valence-corrected chi connectivity index (χ1v) is 6.89. The highest BCUT2D eigenvalue weighted by Crippen LogP contribution is 2.41. The lowest BCUT2D eigenvalue weighted by atomic mass is 10.1. The summed E-state index contributed by atoms with van der Waals surface area (Å²) < 4.78 is 5.89. The van der Waals surface area contributed by atoms with E-state index in [0.717, 1.165) is 32.5 Å². The van der Waals surface area contributed by atoms with Crippen LogP contribution in [0.3, 0.4) is 0 Å². The van der Waals surface area contributed by atoms with Crippen LogP contribution in [-0.4, -0.2) is 41.4 Å². The number of ether oxygens (including phenoxy) is 1. The Balaban J connectivity index is 1.57. The molecule has 16 heavy (non-hydrogen) atoms. The van der Waals surface area contributed by atoms with Crippen LogP contribution >= 0.6 is 11.8 Å². The van der Waals surface area contributed by atoms with E-state index in [-0.39, 0.29) is 4.93 Å². The van der Waals surface area contributed by atoms with Crippen molar-refractivity contribution in [1.29, 1.82) is 0 Å². The van der Waals surface area contributed by atoms with E-state index in [4.69, 9.17) is 4.74 Å². The molecule has 3 aliphatic heterocycles. The fourth-order valence-electron chi connectivity index (χ4n) is 2.54. The molecule has 1 radical (unpaired) electrons. The minimum atomic E-state index is 0.150. The lowest BCUT2D eigenvalue weighted by Gasteiger charge is -2.41. The second-order valence-electron chi connectivity index (χ2n) is 4.43. The number of hydrogen-bond acceptors (Lipinski definition) is 4. The van der Waals surface area contributed by atoms with E-state index in [0.29, 0.717) is 6.17 Å². The molecule has 0 amide bonds. The third-order valence-electron chi connectivity index (χ3n) is 3.48. The molecule has 1 spiro atoms. The summed E-state index contributed by atoms with van der Waals surface area (Å²) in [4.78, 5) is 2.62. The average Bonchev–Trinajstić information content (AvgIpc) is 2.80. The summed E-state index contributed by atoms with van der Waals surface area (Å²) in [5.41, 5.74) is 0. The molecule has 3 heterocycles. The zero-order valence-corrected chi connectivity index (χ0v) is 10.1.